The molecule has 0 aromatic heterocycles. The number of hydrogen-bond donors (Lipinski definition) is 0. The average molecular weight is 514 g/mol. The second-order valence-electron chi connectivity index (χ2n) is 9.21. The molecule has 2 bridgehead atoms. The van der Waals surface area contributed by atoms with E-state index in [-0.39, 0.29) is 12.2 Å². The number of allylic oxidation sites excluding steroid dienone is 2. The first kappa shape index (κ1) is 25.2. The Morgan fingerprint density at radius 2 is 1.55 bits per heavy atom. The monoisotopic (exact) mass is 513 g/mol. The lowest BCUT2D eigenvalue weighted by Crippen LogP contribution is -2.65. The zero-order valence-corrected chi connectivity index (χ0v) is 21.2. The lowest BCUT2D eigenvalue weighted by Gasteiger charge is -2.53. The molecule has 2 aromatic carbocycles. The molecule has 6 rings (SSSR count). The smallest absolute Gasteiger partial charge is 0.414 e. The van der Waals surface area contributed by atoms with Gasteiger partial charge in [0, 0.05) is 12.1 Å². The number of rotatable bonds is 5. The Kier molecular flexibility index (Phi) is 6.26. The van der Waals surface area contributed by atoms with E-state index in [1.54, 1.807) is 79.9 Å². The molecule has 0 N–H and O–H groups in total. The Balaban J connectivity index is 2.01. The number of methoxy groups -OCH3 is 2. The Bertz CT molecular complexity index is 1390. The van der Waals surface area contributed by atoms with Crippen molar-refractivity contribution < 1.29 is 33.4 Å². The van der Waals surface area contributed by atoms with Crippen LogP contribution in [0.1, 0.15) is 18.1 Å². The summed E-state index contributed by atoms with van der Waals surface area (Å²) in [5.41, 5.74) is -2.36. The van der Waals surface area contributed by atoms with E-state index in [1.165, 1.54) is 19.1 Å². The number of benzene rings is 2. The maximum absolute atomic E-state index is 14.7. The number of amides is 1. The summed E-state index contributed by atoms with van der Waals surface area (Å²) in [4.78, 5) is 57.0. The van der Waals surface area contributed by atoms with E-state index in [4.69, 9.17) is 14.2 Å². The molecule has 0 fully saturated rings. The van der Waals surface area contributed by atoms with Crippen molar-refractivity contribution in [1.29, 1.82) is 0 Å². The molecular weight excluding hydrogens is 486 g/mol. The van der Waals surface area contributed by atoms with Gasteiger partial charge in [0.15, 0.2) is 11.2 Å². The molecule has 38 heavy (non-hydrogen) atoms. The molecule has 0 saturated carbocycles. The zero-order chi connectivity index (χ0) is 27.1. The molecule has 0 spiro atoms. The van der Waals surface area contributed by atoms with E-state index in [2.05, 4.69) is 0 Å². The lowest BCUT2D eigenvalue weighted by atomic mass is 9.48. The number of ether oxygens (including phenoxy) is 3. The quantitative estimate of drug-likeness (QED) is 0.197. The van der Waals surface area contributed by atoms with Crippen LogP contribution < -0.4 is 0 Å². The number of carbonyl (C=O) groups is 4. The fraction of sp³-hybridized carbons (Fsp3) is 0.267. The standard InChI is InChI=1S/C30H27NO7/c1-4-38-28(35)31-18-17-21-15-16-22(31)29(20-13-9-6-10-14-20)24(19-11-7-5-8-12-19)23(26(33)36-2)25(32)30(21,29)27(34)37-3/h5-18,21-22H,4H2,1-3H3/t21-,22-,29-,30+/m1/s1. The van der Waals surface area contributed by atoms with Crippen LogP contribution in [0.4, 0.5) is 4.79 Å². The van der Waals surface area contributed by atoms with Crippen molar-refractivity contribution in [2.75, 3.05) is 20.8 Å². The Morgan fingerprint density at radius 1 is 0.895 bits per heavy atom. The fourth-order valence-corrected chi connectivity index (χ4v) is 6.42. The molecule has 194 valence electrons. The van der Waals surface area contributed by atoms with Gasteiger partial charge in [0.25, 0.3) is 0 Å². The largest absolute Gasteiger partial charge is 0.468 e. The predicted octanol–water partition coefficient (Wildman–Crippen LogP) is 3.83. The van der Waals surface area contributed by atoms with Gasteiger partial charge < -0.3 is 14.2 Å². The van der Waals surface area contributed by atoms with Crippen LogP contribution in [0, 0.1) is 11.3 Å². The Labute approximate surface area is 220 Å². The van der Waals surface area contributed by atoms with Crippen molar-refractivity contribution in [1.82, 2.24) is 4.90 Å². The molecule has 2 heterocycles. The van der Waals surface area contributed by atoms with Crippen molar-refractivity contribution in [2.24, 2.45) is 11.3 Å². The Hall–Kier alpha value is -4.46. The number of carbonyl (C=O) groups excluding carboxylic acids is 4. The van der Waals surface area contributed by atoms with Gasteiger partial charge in [0.1, 0.15) is 5.57 Å². The second-order valence-corrected chi connectivity index (χ2v) is 9.21. The van der Waals surface area contributed by atoms with Crippen molar-refractivity contribution in [3.63, 3.8) is 0 Å². The number of ketones is 1. The SMILES string of the molecule is CCOC(=O)N1C=C[C@H]2C=C[C@@H]1[C@]1(c3ccccc3)C(c3ccccc3)=C(C(=O)OC)C(=O)[C@]21C(=O)OC. The summed E-state index contributed by atoms with van der Waals surface area (Å²) in [7, 11) is 2.41. The van der Waals surface area contributed by atoms with Gasteiger partial charge in [-0.25, -0.2) is 9.59 Å². The van der Waals surface area contributed by atoms with E-state index in [9.17, 15) is 19.2 Å². The predicted molar refractivity (Wildman–Crippen MR) is 137 cm³/mol. The van der Waals surface area contributed by atoms with E-state index >= 15 is 0 Å². The molecule has 4 aliphatic rings. The van der Waals surface area contributed by atoms with Crippen molar-refractivity contribution >= 4 is 29.4 Å². The van der Waals surface area contributed by atoms with E-state index in [0.717, 1.165) is 0 Å². The summed E-state index contributed by atoms with van der Waals surface area (Å²) >= 11 is 0. The van der Waals surface area contributed by atoms with Crippen molar-refractivity contribution in [3.05, 3.63) is 102 Å². The number of Topliss-reactive ketones (excluding diaryl/α,β-unsaturated/α-hetero) is 1. The highest BCUT2D eigenvalue weighted by molar-refractivity contribution is 6.35. The molecule has 8 nitrogen and oxygen atoms in total. The third-order valence-corrected chi connectivity index (χ3v) is 7.72. The van der Waals surface area contributed by atoms with Crippen LogP contribution >= 0.6 is 0 Å². The molecule has 1 amide bonds. The normalized spacial score (nSPS) is 27.1. The topological polar surface area (TPSA) is 99.2 Å². The van der Waals surface area contributed by atoms with E-state index in [0.29, 0.717) is 16.7 Å². The second kappa shape index (κ2) is 9.45. The number of hydrogen-bond acceptors (Lipinski definition) is 7. The minimum Gasteiger partial charge on any atom is -0.468 e. The summed E-state index contributed by atoms with van der Waals surface area (Å²) in [6.07, 6.45) is 6.04. The van der Waals surface area contributed by atoms with Gasteiger partial charge in [-0.1, -0.05) is 78.9 Å². The van der Waals surface area contributed by atoms with E-state index in [1.807, 2.05) is 12.1 Å². The zero-order valence-electron chi connectivity index (χ0n) is 21.2. The van der Waals surface area contributed by atoms with E-state index < -0.39 is 46.6 Å². The first-order chi connectivity index (χ1) is 18.4. The molecule has 4 atom stereocenters. The molecule has 2 aromatic rings. The van der Waals surface area contributed by atoms with Gasteiger partial charge in [-0.05, 0) is 23.6 Å². The van der Waals surface area contributed by atoms with Crippen LogP contribution in [-0.4, -0.2) is 55.6 Å². The van der Waals surface area contributed by atoms with Crippen LogP contribution in [0.3, 0.4) is 0 Å². The number of nitrogens with zero attached hydrogens (tertiary/aromatic N) is 1. The summed E-state index contributed by atoms with van der Waals surface area (Å²) in [6.45, 7) is 1.82. The highest BCUT2D eigenvalue weighted by Gasteiger charge is 2.77. The summed E-state index contributed by atoms with van der Waals surface area (Å²) in [5.74, 6) is -3.24. The molecule has 8 heteroatoms. The van der Waals surface area contributed by atoms with Crippen molar-refractivity contribution in [3.8, 4) is 0 Å². The minimum atomic E-state index is -1.95. The highest BCUT2D eigenvalue weighted by Crippen LogP contribution is 2.68. The highest BCUT2D eigenvalue weighted by atomic mass is 16.6. The lowest BCUT2D eigenvalue weighted by molar-refractivity contribution is -0.163. The third kappa shape index (κ3) is 3.09. The Morgan fingerprint density at radius 3 is 2.16 bits per heavy atom. The minimum absolute atomic E-state index is 0.122. The van der Waals surface area contributed by atoms with Crippen molar-refractivity contribution in [2.45, 2.75) is 18.4 Å². The van der Waals surface area contributed by atoms with Crippen LogP contribution in [0.25, 0.3) is 5.57 Å². The number of esters is 2. The first-order valence-corrected chi connectivity index (χ1v) is 12.3. The molecule has 2 aliphatic heterocycles. The van der Waals surface area contributed by atoms with Crippen LogP contribution in [0.5, 0.6) is 0 Å². The first-order valence-electron chi connectivity index (χ1n) is 12.3. The molecule has 0 saturated heterocycles. The van der Waals surface area contributed by atoms with Gasteiger partial charge >= 0.3 is 18.0 Å². The van der Waals surface area contributed by atoms with Crippen LogP contribution in [0.15, 0.2) is 90.7 Å². The molecule has 0 radical (unpaired) electrons. The van der Waals surface area contributed by atoms with Crippen LogP contribution in [0.2, 0.25) is 0 Å². The summed E-state index contributed by atoms with van der Waals surface area (Å²) in [5, 5.41) is 0. The van der Waals surface area contributed by atoms with Crippen LogP contribution in [-0.2, 0) is 34.0 Å². The molecular formula is C30H27NO7. The van der Waals surface area contributed by atoms with Gasteiger partial charge in [-0.15, -0.1) is 0 Å². The number of fused-ring (bicyclic) bond motifs is 1. The average Bonchev–Trinajstić information content (AvgIpc) is 3.07. The fourth-order valence-electron chi connectivity index (χ4n) is 6.42. The molecule has 2 aliphatic carbocycles. The van der Waals surface area contributed by atoms with Gasteiger partial charge in [-0.3, -0.25) is 14.5 Å². The van der Waals surface area contributed by atoms with Gasteiger partial charge in [0.05, 0.1) is 32.3 Å². The maximum atomic E-state index is 14.7. The summed E-state index contributed by atoms with van der Waals surface area (Å²) in [6, 6.07) is 17.0. The van der Waals surface area contributed by atoms with Gasteiger partial charge in [0.2, 0.25) is 0 Å². The third-order valence-electron chi connectivity index (χ3n) is 7.72. The summed E-state index contributed by atoms with van der Waals surface area (Å²) < 4.78 is 15.9. The molecule has 0 unspecified atom stereocenters. The maximum Gasteiger partial charge on any atom is 0.414 e. The van der Waals surface area contributed by atoms with Gasteiger partial charge in [-0.2, -0.15) is 0 Å².